The summed E-state index contributed by atoms with van der Waals surface area (Å²) in [6, 6.07) is 3.72. The highest BCUT2D eigenvalue weighted by atomic mass is 16.5. The summed E-state index contributed by atoms with van der Waals surface area (Å²) in [5.41, 5.74) is 3.34. The Hall–Kier alpha value is -2.47. The van der Waals surface area contributed by atoms with Crippen LogP contribution in [0.1, 0.15) is 59.3 Å². The van der Waals surface area contributed by atoms with Crippen LogP contribution in [0.4, 0.5) is 0 Å². The fourth-order valence-corrected chi connectivity index (χ4v) is 2.89. The van der Waals surface area contributed by atoms with E-state index in [1.807, 2.05) is 25.1 Å². The lowest BCUT2D eigenvalue weighted by Crippen LogP contribution is -2.35. The molecule has 0 bridgehead atoms. The minimum Gasteiger partial charge on any atom is -0.379 e. The van der Waals surface area contributed by atoms with Crippen LogP contribution in [0.25, 0.3) is 12.2 Å². The summed E-state index contributed by atoms with van der Waals surface area (Å²) < 4.78 is 10.6. The van der Waals surface area contributed by atoms with Crippen LogP contribution in [0.2, 0.25) is 0 Å². The first-order chi connectivity index (χ1) is 12.7. The largest absolute Gasteiger partial charge is 0.379 e. The van der Waals surface area contributed by atoms with E-state index >= 15 is 0 Å². The lowest BCUT2D eigenvalue weighted by atomic mass is 10.1. The van der Waals surface area contributed by atoms with E-state index in [0.717, 1.165) is 48.4 Å². The molecule has 1 aliphatic heterocycles. The molecule has 1 aliphatic rings. The monoisotopic (exact) mass is 355 g/mol. The molecule has 1 N–H and O–H groups in total. The summed E-state index contributed by atoms with van der Waals surface area (Å²) in [5.74, 6) is 0.697. The van der Waals surface area contributed by atoms with Crippen LogP contribution in [-0.2, 0) is 11.2 Å². The van der Waals surface area contributed by atoms with Gasteiger partial charge in [-0.2, -0.15) is 0 Å². The number of hydrogen-bond acceptors (Lipinski definition) is 5. The summed E-state index contributed by atoms with van der Waals surface area (Å²) in [7, 11) is 0. The van der Waals surface area contributed by atoms with Crippen LogP contribution >= 0.6 is 0 Å². The molecule has 1 atom stereocenters. The maximum absolute atomic E-state index is 12.2. The lowest BCUT2D eigenvalue weighted by Gasteiger charge is -2.10. The quantitative estimate of drug-likeness (QED) is 0.823. The molecule has 0 saturated carbocycles. The predicted molar refractivity (Wildman–Crippen MR) is 99.7 cm³/mol. The predicted octanol–water partition coefficient (Wildman–Crippen LogP) is 3.41. The van der Waals surface area contributed by atoms with Crippen molar-refractivity contribution in [2.24, 2.45) is 0 Å². The third kappa shape index (κ3) is 4.58. The molecule has 0 aliphatic carbocycles. The van der Waals surface area contributed by atoms with Gasteiger partial charge in [0, 0.05) is 18.4 Å². The number of aromatic nitrogens is 2. The minimum atomic E-state index is -0.111. The molecular weight excluding hydrogens is 330 g/mol. The van der Waals surface area contributed by atoms with Gasteiger partial charge in [-0.15, -0.1) is 0 Å². The van der Waals surface area contributed by atoms with Crippen molar-refractivity contribution in [1.82, 2.24) is 15.5 Å². The Bertz CT molecular complexity index is 759. The summed E-state index contributed by atoms with van der Waals surface area (Å²) in [4.78, 5) is 16.6. The van der Waals surface area contributed by atoms with E-state index < -0.39 is 0 Å². The Morgan fingerprint density at radius 2 is 2.27 bits per heavy atom. The summed E-state index contributed by atoms with van der Waals surface area (Å²) >= 11 is 0. The summed E-state index contributed by atoms with van der Waals surface area (Å²) in [5, 5.41) is 7.10. The number of amides is 1. The first kappa shape index (κ1) is 18.3. The van der Waals surface area contributed by atoms with E-state index in [4.69, 9.17) is 9.26 Å². The molecule has 1 saturated heterocycles. The van der Waals surface area contributed by atoms with Gasteiger partial charge in [0.05, 0.1) is 29.6 Å². The molecule has 2 aromatic rings. The Balaban J connectivity index is 1.64. The lowest BCUT2D eigenvalue weighted by molar-refractivity contribution is 0.0929. The normalized spacial score (nSPS) is 17.1. The Labute approximate surface area is 153 Å². The SMILES string of the molecule is CCCCc1noc(C)c1/C=C/c1ccc(C(=O)NC2CCOC2)cn1. The number of rotatable bonds is 7. The van der Waals surface area contributed by atoms with Gasteiger partial charge in [0.2, 0.25) is 0 Å². The molecule has 6 nitrogen and oxygen atoms in total. The van der Waals surface area contributed by atoms with E-state index in [1.165, 1.54) is 0 Å². The van der Waals surface area contributed by atoms with Gasteiger partial charge in [0.1, 0.15) is 5.76 Å². The summed E-state index contributed by atoms with van der Waals surface area (Å²) in [6.07, 6.45) is 9.47. The zero-order valence-electron chi connectivity index (χ0n) is 15.3. The number of carbonyl (C=O) groups excluding carboxylic acids is 1. The van der Waals surface area contributed by atoms with Gasteiger partial charge in [-0.25, -0.2) is 0 Å². The van der Waals surface area contributed by atoms with Crippen molar-refractivity contribution in [2.75, 3.05) is 13.2 Å². The summed E-state index contributed by atoms with van der Waals surface area (Å²) in [6.45, 7) is 5.35. The smallest absolute Gasteiger partial charge is 0.253 e. The average Bonchev–Trinajstić information content (AvgIpc) is 3.28. The molecule has 3 heterocycles. The first-order valence-electron chi connectivity index (χ1n) is 9.15. The topological polar surface area (TPSA) is 77.2 Å². The third-order valence-corrected chi connectivity index (χ3v) is 4.48. The number of hydrogen-bond donors (Lipinski definition) is 1. The Morgan fingerprint density at radius 3 is 2.96 bits per heavy atom. The Kier molecular flexibility index (Phi) is 6.17. The van der Waals surface area contributed by atoms with E-state index in [9.17, 15) is 4.79 Å². The number of carbonyl (C=O) groups is 1. The van der Waals surface area contributed by atoms with Crippen molar-refractivity contribution < 1.29 is 14.1 Å². The molecule has 138 valence electrons. The van der Waals surface area contributed by atoms with Gasteiger partial charge < -0.3 is 14.6 Å². The fraction of sp³-hybridized carbons (Fsp3) is 0.450. The molecule has 0 aromatic carbocycles. The van der Waals surface area contributed by atoms with Crippen molar-refractivity contribution in [3.63, 3.8) is 0 Å². The standard InChI is InChI=1S/C20H25N3O3/c1-3-4-5-19-18(14(2)26-23-19)9-8-16-7-6-15(12-21-16)20(24)22-17-10-11-25-13-17/h6-9,12,17H,3-5,10-11,13H2,1-2H3,(H,22,24)/b9-8+. The molecule has 0 radical (unpaired) electrons. The minimum absolute atomic E-state index is 0.0974. The van der Waals surface area contributed by atoms with E-state index in [1.54, 1.807) is 12.3 Å². The molecular formula is C20H25N3O3. The average molecular weight is 355 g/mol. The molecule has 1 unspecified atom stereocenters. The number of aryl methyl sites for hydroxylation is 2. The van der Waals surface area contributed by atoms with Gasteiger partial charge in [0.15, 0.2) is 0 Å². The van der Waals surface area contributed by atoms with Gasteiger partial charge in [0.25, 0.3) is 5.91 Å². The molecule has 26 heavy (non-hydrogen) atoms. The zero-order valence-corrected chi connectivity index (χ0v) is 15.3. The van der Waals surface area contributed by atoms with Crippen molar-refractivity contribution in [1.29, 1.82) is 0 Å². The molecule has 3 rings (SSSR count). The number of unbranched alkanes of at least 4 members (excludes halogenated alkanes) is 1. The highest BCUT2D eigenvalue weighted by Gasteiger charge is 2.18. The van der Waals surface area contributed by atoms with Crippen LogP contribution in [0.3, 0.4) is 0 Å². The van der Waals surface area contributed by atoms with E-state index in [0.29, 0.717) is 18.8 Å². The van der Waals surface area contributed by atoms with Crippen LogP contribution in [0, 0.1) is 6.92 Å². The maximum atomic E-state index is 12.2. The van der Waals surface area contributed by atoms with Gasteiger partial charge in [-0.05, 0) is 50.5 Å². The number of nitrogens with one attached hydrogen (secondary N) is 1. The third-order valence-electron chi connectivity index (χ3n) is 4.48. The number of nitrogens with zero attached hydrogens (tertiary/aromatic N) is 2. The van der Waals surface area contributed by atoms with Crippen LogP contribution in [-0.4, -0.2) is 35.3 Å². The second-order valence-electron chi connectivity index (χ2n) is 6.54. The second-order valence-corrected chi connectivity index (χ2v) is 6.54. The van der Waals surface area contributed by atoms with Crippen molar-refractivity contribution in [3.8, 4) is 0 Å². The van der Waals surface area contributed by atoms with Crippen LogP contribution < -0.4 is 5.32 Å². The second kappa shape index (κ2) is 8.76. The van der Waals surface area contributed by atoms with Crippen molar-refractivity contribution in [3.05, 3.63) is 46.6 Å². The first-order valence-corrected chi connectivity index (χ1v) is 9.15. The van der Waals surface area contributed by atoms with E-state index in [2.05, 4.69) is 22.4 Å². The number of ether oxygens (including phenoxy) is 1. The molecule has 6 heteroatoms. The van der Waals surface area contributed by atoms with Gasteiger partial charge >= 0.3 is 0 Å². The van der Waals surface area contributed by atoms with Gasteiger partial charge in [-0.1, -0.05) is 18.5 Å². The van der Waals surface area contributed by atoms with Crippen molar-refractivity contribution in [2.45, 2.75) is 45.6 Å². The van der Waals surface area contributed by atoms with Gasteiger partial charge in [-0.3, -0.25) is 9.78 Å². The fourth-order valence-electron chi connectivity index (χ4n) is 2.89. The maximum Gasteiger partial charge on any atom is 0.253 e. The highest BCUT2D eigenvalue weighted by molar-refractivity contribution is 5.94. The van der Waals surface area contributed by atoms with E-state index in [-0.39, 0.29) is 11.9 Å². The number of pyridine rings is 1. The molecule has 2 aromatic heterocycles. The van der Waals surface area contributed by atoms with Crippen LogP contribution in [0.5, 0.6) is 0 Å². The molecule has 0 spiro atoms. The Morgan fingerprint density at radius 1 is 1.38 bits per heavy atom. The molecule has 1 amide bonds. The van der Waals surface area contributed by atoms with Crippen molar-refractivity contribution >= 4 is 18.1 Å². The zero-order chi connectivity index (χ0) is 18.4. The highest BCUT2D eigenvalue weighted by Crippen LogP contribution is 2.18. The molecule has 1 fully saturated rings. The van der Waals surface area contributed by atoms with Crippen LogP contribution in [0.15, 0.2) is 22.9 Å².